The lowest BCUT2D eigenvalue weighted by atomic mass is 9.92. The van der Waals surface area contributed by atoms with Crippen LogP contribution in [0.25, 0.3) is 11.1 Å². The van der Waals surface area contributed by atoms with Gasteiger partial charge in [-0.05, 0) is 35.7 Å². The second-order valence-electron chi connectivity index (χ2n) is 6.49. The van der Waals surface area contributed by atoms with E-state index in [1.54, 1.807) is 7.05 Å². The van der Waals surface area contributed by atoms with E-state index in [1.165, 1.54) is 23.2 Å². The molecule has 3 rings (SSSR count). The first kappa shape index (κ1) is 18.9. The van der Waals surface area contributed by atoms with Crippen molar-refractivity contribution in [2.75, 3.05) is 20.1 Å². The van der Waals surface area contributed by atoms with Gasteiger partial charge in [0, 0.05) is 31.8 Å². The average molecular weight is 374 g/mol. The molecule has 142 valence electrons. The Morgan fingerprint density at radius 1 is 1.33 bits per heavy atom. The van der Waals surface area contributed by atoms with E-state index in [9.17, 15) is 13.6 Å². The van der Waals surface area contributed by atoms with Gasteiger partial charge in [-0.3, -0.25) is 15.1 Å². The molecule has 9 heteroatoms. The number of nitrogens with one attached hydrogen (secondary N) is 1. The summed E-state index contributed by atoms with van der Waals surface area (Å²) in [6.45, 7) is 1.29. The largest absolute Gasteiger partial charge is 0.364 e. The van der Waals surface area contributed by atoms with Gasteiger partial charge in [0.2, 0.25) is 0 Å². The topological polar surface area (TPSA) is 112 Å². The van der Waals surface area contributed by atoms with Crippen LogP contribution in [0.1, 0.15) is 21.7 Å². The Balaban J connectivity index is 2.03. The van der Waals surface area contributed by atoms with Crippen molar-refractivity contribution >= 4 is 11.7 Å². The van der Waals surface area contributed by atoms with Crippen LogP contribution in [-0.4, -0.2) is 46.8 Å². The fourth-order valence-corrected chi connectivity index (χ4v) is 3.13. The molecule has 1 aliphatic rings. The van der Waals surface area contributed by atoms with E-state index in [0.29, 0.717) is 37.3 Å². The number of hydrogen-bond acceptors (Lipinski definition) is 5. The number of primary amides is 1. The van der Waals surface area contributed by atoms with Crippen LogP contribution in [0.4, 0.5) is 8.78 Å². The fourth-order valence-electron chi connectivity index (χ4n) is 3.13. The summed E-state index contributed by atoms with van der Waals surface area (Å²) in [5.41, 5.74) is 7.45. The smallest absolute Gasteiger partial charge is 0.267 e. The third kappa shape index (κ3) is 3.93. The van der Waals surface area contributed by atoms with Crippen molar-refractivity contribution in [3.63, 3.8) is 0 Å². The van der Waals surface area contributed by atoms with Gasteiger partial charge in [-0.2, -0.15) is 0 Å². The van der Waals surface area contributed by atoms with Gasteiger partial charge in [0.15, 0.2) is 0 Å². The molecule has 0 atom stereocenters. The highest BCUT2D eigenvalue weighted by Gasteiger charge is 2.25. The number of amides is 1. The zero-order valence-corrected chi connectivity index (χ0v) is 14.8. The number of fused-ring (bicyclic) bond motifs is 1. The summed E-state index contributed by atoms with van der Waals surface area (Å²) in [5, 5.41) is 9.10. The van der Waals surface area contributed by atoms with Crippen molar-refractivity contribution < 1.29 is 13.6 Å². The van der Waals surface area contributed by atoms with Crippen LogP contribution in [-0.2, 0) is 13.0 Å². The standard InChI is InChI=1S/C18H20F2N6O/c1-25(23)17(21)9-26-5-4-12-13(11-3-2-10(19)6-14(11)20)7-15(18(22)27)24-16(12)8-26/h2-3,6-7,21H,4-5,8-9,23H2,1H3,(H2,22,27). The van der Waals surface area contributed by atoms with E-state index >= 15 is 0 Å². The molecule has 0 unspecified atom stereocenters. The first-order valence-corrected chi connectivity index (χ1v) is 8.32. The van der Waals surface area contributed by atoms with Gasteiger partial charge in [0.1, 0.15) is 23.2 Å². The molecule has 0 bridgehead atoms. The summed E-state index contributed by atoms with van der Waals surface area (Å²) in [6, 6.07) is 4.77. The highest BCUT2D eigenvalue weighted by atomic mass is 19.1. The Morgan fingerprint density at radius 3 is 2.70 bits per heavy atom. The summed E-state index contributed by atoms with van der Waals surface area (Å²) in [4.78, 5) is 18.0. The molecule has 0 saturated carbocycles. The van der Waals surface area contributed by atoms with Crippen LogP contribution in [0.5, 0.6) is 0 Å². The second kappa shape index (κ2) is 7.37. The quantitative estimate of drug-likeness (QED) is 0.323. The second-order valence-corrected chi connectivity index (χ2v) is 6.49. The maximum Gasteiger partial charge on any atom is 0.267 e. The molecule has 1 amide bonds. The molecule has 1 aliphatic heterocycles. The Hall–Kier alpha value is -2.91. The van der Waals surface area contributed by atoms with Gasteiger partial charge in [-0.15, -0.1) is 0 Å². The molecule has 0 radical (unpaired) electrons. The van der Waals surface area contributed by atoms with Crippen LogP contribution >= 0.6 is 0 Å². The molecule has 0 fully saturated rings. The molecule has 27 heavy (non-hydrogen) atoms. The summed E-state index contributed by atoms with van der Waals surface area (Å²) >= 11 is 0. The van der Waals surface area contributed by atoms with E-state index in [0.717, 1.165) is 11.6 Å². The minimum atomic E-state index is -0.729. The lowest BCUT2D eigenvalue weighted by molar-refractivity contribution is 0.0995. The molecule has 0 spiro atoms. The van der Waals surface area contributed by atoms with Gasteiger partial charge in [-0.1, -0.05) is 0 Å². The Bertz CT molecular complexity index is 915. The van der Waals surface area contributed by atoms with Crippen LogP contribution in [0.15, 0.2) is 24.3 Å². The number of halogens is 2. The molecule has 2 aromatic rings. The number of carbonyl (C=O) groups is 1. The minimum absolute atomic E-state index is 0.0142. The number of pyridine rings is 1. The molecule has 7 nitrogen and oxygen atoms in total. The van der Waals surface area contributed by atoms with Gasteiger partial charge < -0.3 is 10.7 Å². The van der Waals surface area contributed by atoms with Gasteiger partial charge >= 0.3 is 0 Å². The van der Waals surface area contributed by atoms with Crippen molar-refractivity contribution in [1.82, 2.24) is 14.9 Å². The minimum Gasteiger partial charge on any atom is -0.364 e. The SMILES string of the molecule is CN(N)C(=N)CN1CCc2c(-c3ccc(F)cc3F)cc(C(N)=O)nc2C1. The number of hydrogen-bond donors (Lipinski definition) is 3. The zero-order valence-electron chi connectivity index (χ0n) is 14.8. The lowest BCUT2D eigenvalue weighted by Crippen LogP contribution is -2.43. The maximum atomic E-state index is 14.3. The predicted octanol–water partition coefficient (Wildman–Crippen LogP) is 1.27. The van der Waals surface area contributed by atoms with Gasteiger partial charge in [0.05, 0.1) is 12.2 Å². The van der Waals surface area contributed by atoms with Crippen molar-refractivity contribution in [2.24, 2.45) is 11.6 Å². The number of benzene rings is 1. The molecule has 2 heterocycles. The van der Waals surface area contributed by atoms with Crippen molar-refractivity contribution in [3.8, 4) is 11.1 Å². The molecule has 1 aromatic carbocycles. The first-order chi connectivity index (χ1) is 12.8. The number of carbonyl (C=O) groups excluding carboxylic acids is 1. The number of nitrogens with zero attached hydrogens (tertiary/aromatic N) is 3. The fraction of sp³-hybridized carbons (Fsp3) is 0.278. The van der Waals surface area contributed by atoms with Crippen molar-refractivity contribution in [2.45, 2.75) is 13.0 Å². The molecule has 1 aromatic heterocycles. The number of rotatable bonds is 4. The maximum absolute atomic E-state index is 14.3. The summed E-state index contributed by atoms with van der Waals surface area (Å²) in [7, 11) is 1.58. The van der Waals surface area contributed by atoms with Crippen molar-refractivity contribution in [1.29, 1.82) is 5.41 Å². The molecular formula is C18H20F2N6O. The van der Waals surface area contributed by atoms with E-state index in [1.807, 2.05) is 4.90 Å². The highest BCUT2D eigenvalue weighted by molar-refractivity contribution is 5.92. The number of amidine groups is 1. The molecular weight excluding hydrogens is 354 g/mol. The Kier molecular flexibility index (Phi) is 5.15. The third-order valence-electron chi connectivity index (χ3n) is 4.53. The van der Waals surface area contributed by atoms with E-state index in [4.69, 9.17) is 17.0 Å². The average Bonchev–Trinajstić information content (AvgIpc) is 2.60. The number of aromatic nitrogens is 1. The van der Waals surface area contributed by atoms with Crippen LogP contribution in [0.2, 0.25) is 0 Å². The Labute approximate surface area is 155 Å². The predicted molar refractivity (Wildman–Crippen MR) is 96.8 cm³/mol. The van der Waals surface area contributed by atoms with E-state index < -0.39 is 17.5 Å². The molecule has 0 aliphatic carbocycles. The number of likely N-dealkylation sites (N-methyl/N-ethyl adjacent to an activating group) is 1. The van der Waals surface area contributed by atoms with Gasteiger partial charge in [-0.25, -0.2) is 19.6 Å². The number of nitrogens with two attached hydrogens (primary N) is 2. The summed E-state index contributed by atoms with van der Waals surface area (Å²) in [6.07, 6.45) is 0.537. The van der Waals surface area contributed by atoms with Crippen LogP contribution in [0.3, 0.4) is 0 Å². The zero-order chi connectivity index (χ0) is 19.7. The monoisotopic (exact) mass is 374 g/mol. The van der Waals surface area contributed by atoms with E-state index in [2.05, 4.69) is 4.98 Å². The van der Waals surface area contributed by atoms with E-state index in [-0.39, 0.29) is 17.1 Å². The Morgan fingerprint density at radius 2 is 2.07 bits per heavy atom. The normalized spacial score (nSPS) is 13.9. The molecule has 0 saturated heterocycles. The first-order valence-electron chi connectivity index (χ1n) is 8.32. The number of hydrazine groups is 1. The summed E-state index contributed by atoms with van der Waals surface area (Å²) < 4.78 is 27.6. The third-order valence-corrected chi connectivity index (χ3v) is 4.53. The summed E-state index contributed by atoms with van der Waals surface area (Å²) in [5.74, 6) is 3.68. The van der Waals surface area contributed by atoms with Crippen molar-refractivity contribution in [3.05, 3.63) is 52.9 Å². The molecule has 5 N–H and O–H groups in total. The van der Waals surface area contributed by atoms with Gasteiger partial charge in [0.25, 0.3) is 5.91 Å². The van der Waals surface area contributed by atoms with Crippen LogP contribution in [0, 0.1) is 17.0 Å². The van der Waals surface area contributed by atoms with Crippen LogP contribution < -0.4 is 11.6 Å². The highest BCUT2D eigenvalue weighted by Crippen LogP contribution is 2.32. The lowest BCUT2D eigenvalue weighted by Gasteiger charge is -2.30.